The number of carbonyl (C=O) groups excluding carboxylic acids is 1. The van der Waals surface area contributed by atoms with Gasteiger partial charge in [-0.15, -0.1) is 0 Å². The zero-order valence-electron chi connectivity index (χ0n) is 13.4. The number of imidazole rings is 1. The van der Waals surface area contributed by atoms with Crippen LogP contribution in [0, 0.1) is 0 Å². The van der Waals surface area contributed by atoms with Crippen molar-refractivity contribution in [2.24, 2.45) is 0 Å². The van der Waals surface area contributed by atoms with Crippen LogP contribution in [-0.4, -0.2) is 45.8 Å². The van der Waals surface area contributed by atoms with E-state index in [1.165, 1.54) is 38.3 Å². The summed E-state index contributed by atoms with van der Waals surface area (Å²) in [6.45, 7) is 0.125. The molecule has 10 heteroatoms. The van der Waals surface area contributed by atoms with E-state index in [2.05, 4.69) is 10.3 Å². The van der Waals surface area contributed by atoms with Gasteiger partial charge in [0.1, 0.15) is 6.54 Å². The predicted molar refractivity (Wildman–Crippen MR) is 80.8 cm³/mol. The van der Waals surface area contributed by atoms with Crippen molar-refractivity contribution < 1.29 is 32.6 Å². The maximum atomic E-state index is 13.2. The molecule has 1 amide bonds. The number of alkyl halides is 3. The Morgan fingerprint density at radius 1 is 1.32 bits per heavy atom. The maximum absolute atomic E-state index is 13.2. The number of carboxylic acid groups (broad SMARTS) is 1. The smallest absolute Gasteiger partial charge is 0.449 e. The highest BCUT2D eigenvalue weighted by molar-refractivity contribution is 5.87. The number of carbonyl (C=O) groups is 2. The molecule has 0 bridgehead atoms. The van der Waals surface area contributed by atoms with Crippen LogP contribution < -0.4 is 5.32 Å². The molecule has 136 valence electrons. The Morgan fingerprint density at radius 3 is 2.52 bits per heavy atom. The molecule has 0 radical (unpaired) electrons. The van der Waals surface area contributed by atoms with Gasteiger partial charge in [-0.1, -0.05) is 12.1 Å². The van der Waals surface area contributed by atoms with Crippen LogP contribution in [0.25, 0.3) is 11.0 Å². The van der Waals surface area contributed by atoms with Crippen molar-refractivity contribution in [2.45, 2.75) is 25.2 Å². The molecule has 7 nitrogen and oxygen atoms in total. The van der Waals surface area contributed by atoms with Gasteiger partial charge < -0.3 is 19.7 Å². The summed E-state index contributed by atoms with van der Waals surface area (Å²) in [5.74, 6) is -3.50. The van der Waals surface area contributed by atoms with Crippen molar-refractivity contribution in [3.05, 3.63) is 30.1 Å². The second kappa shape index (κ2) is 6.71. The fraction of sp³-hybridized carbons (Fsp3) is 0.400. The summed E-state index contributed by atoms with van der Waals surface area (Å²) >= 11 is 0. The summed E-state index contributed by atoms with van der Waals surface area (Å²) < 4.78 is 45.1. The van der Waals surface area contributed by atoms with E-state index in [9.17, 15) is 27.9 Å². The zero-order chi connectivity index (χ0) is 18.8. The number of methoxy groups -OCH3 is 1. The summed E-state index contributed by atoms with van der Waals surface area (Å²) in [7, 11) is 1.25. The third-order valence-corrected chi connectivity index (χ3v) is 3.53. The van der Waals surface area contributed by atoms with Crippen molar-refractivity contribution in [1.82, 2.24) is 14.9 Å². The average Bonchev–Trinajstić information content (AvgIpc) is 2.86. The fourth-order valence-corrected chi connectivity index (χ4v) is 2.38. The van der Waals surface area contributed by atoms with Crippen molar-refractivity contribution in [3.63, 3.8) is 0 Å². The van der Waals surface area contributed by atoms with Gasteiger partial charge in [-0.2, -0.15) is 13.2 Å². The average molecular weight is 359 g/mol. The number of hydrogen-bond acceptors (Lipinski definition) is 4. The van der Waals surface area contributed by atoms with E-state index in [0.29, 0.717) is 4.57 Å². The zero-order valence-corrected chi connectivity index (χ0v) is 13.4. The summed E-state index contributed by atoms with van der Waals surface area (Å²) in [6.07, 6.45) is -4.76. The van der Waals surface area contributed by atoms with Gasteiger partial charge in [-0.3, -0.25) is 4.79 Å². The number of rotatable bonds is 6. The third kappa shape index (κ3) is 3.90. The molecule has 1 atom stereocenters. The molecular weight excluding hydrogens is 343 g/mol. The minimum Gasteiger partial charge on any atom is -0.479 e. The molecule has 0 spiro atoms. The first-order chi connectivity index (χ1) is 11.6. The molecule has 2 aromatic rings. The Kier molecular flexibility index (Phi) is 5.02. The van der Waals surface area contributed by atoms with Crippen LogP contribution in [0.15, 0.2) is 24.3 Å². The third-order valence-electron chi connectivity index (χ3n) is 3.53. The SMILES string of the molecule is COCC(C)(NC(=O)Cn1c(C(F)(F)F)nc2ccccc21)C(=O)O. The number of aromatic nitrogens is 2. The van der Waals surface area contributed by atoms with Crippen LogP contribution >= 0.6 is 0 Å². The second-order valence-electron chi connectivity index (χ2n) is 5.63. The van der Waals surface area contributed by atoms with Gasteiger partial charge in [-0.05, 0) is 19.1 Å². The molecule has 0 aliphatic carbocycles. The number of hydrogen-bond donors (Lipinski definition) is 2. The summed E-state index contributed by atoms with van der Waals surface area (Å²) in [5.41, 5.74) is -1.56. The lowest BCUT2D eigenvalue weighted by Crippen LogP contribution is -2.56. The first kappa shape index (κ1) is 18.7. The highest BCUT2D eigenvalue weighted by atomic mass is 19.4. The number of halogens is 3. The number of nitrogens with zero attached hydrogens (tertiary/aromatic N) is 2. The molecule has 1 heterocycles. The monoisotopic (exact) mass is 359 g/mol. The molecule has 0 fully saturated rings. The molecule has 0 aliphatic rings. The number of carboxylic acids is 1. The van der Waals surface area contributed by atoms with Gasteiger partial charge >= 0.3 is 12.1 Å². The van der Waals surface area contributed by atoms with Crippen LogP contribution in [0.3, 0.4) is 0 Å². The molecule has 1 aromatic carbocycles. The number of aliphatic carboxylic acids is 1. The van der Waals surface area contributed by atoms with E-state index in [4.69, 9.17) is 4.74 Å². The van der Waals surface area contributed by atoms with Gasteiger partial charge in [0.25, 0.3) is 0 Å². The van der Waals surface area contributed by atoms with Crippen LogP contribution in [0.5, 0.6) is 0 Å². The van der Waals surface area contributed by atoms with Gasteiger partial charge in [0.15, 0.2) is 5.54 Å². The lowest BCUT2D eigenvalue weighted by molar-refractivity contribution is -0.151. The molecule has 2 N–H and O–H groups in total. The van der Waals surface area contributed by atoms with E-state index in [1.54, 1.807) is 0 Å². The van der Waals surface area contributed by atoms with E-state index in [0.717, 1.165) is 0 Å². The number of benzene rings is 1. The van der Waals surface area contributed by atoms with Crippen LogP contribution in [0.1, 0.15) is 12.7 Å². The molecule has 0 saturated heterocycles. The normalized spacial score (nSPS) is 14.3. The minimum absolute atomic E-state index is 0.0838. The summed E-state index contributed by atoms with van der Waals surface area (Å²) in [4.78, 5) is 27.0. The van der Waals surface area contributed by atoms with E-state index in [1.807, 2.05) is 0 Å². The number of fused-ring (bicyclic) bond motifs is 1. The number of para-hydroxylation sites is 2. The van der Waals surface area contributed by atoms with Crippen LogP contribution in [0.4, 0.5) is 13.2 Å². The molecule has 1 aromatic heterocycles. The minimum atomic E-state index is -4.76. The molecular formula is C15H16F3N3O4. The molecule has 0 aliphatic heterocycles. The van der Waals surface area contributed by atoms with Gasteiger partial charge in [0.2, 0.25) is 11.7 Å². The van der Waals surface area contributed by atoms with E-state index < -0.39 is 36.0 Å². The second-order valence-corrected chi connectivity index (χ2v) is 5.63. The van der Waals surface area contributed by atoms with E-state index >= 15 is 0 Å². The van der Waals surface area contributed by atoms with Crippen molar-refractivity contribution in [1.29, 1.82) is 0 Å². The highest BCUT2D eigenvalue weighted by Gasteiger charge is 2.39. The quantitative estimate of drug-likeness (QED) is 0.818. The fourth-order valence-electron chi connectivity index (χ4n) is 2.38. The number of nitrogens with one attached hydrogen (secondary N) is 1. The maximum Gasteiger partial charge on any atom is 0.449 e. The van der Waals surface area contributed by atoms with E-state index in [-0.39, 0.29) is 17.6 Å². The van der Waals surface area contributed by atoms with Gasteiger partial charge in [-0.25, -0.2) is 9.78 Å². The van der Waals surface area contributed by atoms with Crippen LogP contribution in [-0.2, 0) is 27.0 Å². The molecule has 1 unspecified atom stereocenters. The molecule has 25 heavy (non-hydrogen) atoms. The Labute approximate surface area is 140 Å². The largest absolute Gasteiger partial charge is 0.479 e. The number of amides is 1. The topological polar surface area (TPSA) is 93.5 Å². The van der Waals surface area contributed by atoms with Crippen molar-refractivity contribution in [2.75, 3.05) is 13.7 Å². The Balaban J connectivity index is 2.36. The Morgan fingerprint density at radius 2 is 1.96 bits per heavy atom. The lowest BCUT2D eigenvalue weighted by atomic mass is 10.0. The molecule has 2 rings (SSSR count). The van der Waals surface area contributed by atoms with Gasteiger partial charge in [0.05, 0.1) is 17.6 Å². The summed E-state index contributed by atoms with van der Waals surface area (Å²) in [5, 5.41) is 11.4. The van der Waals surface area contributed by atoms with Crippen LogP contribution in [0.2, 0.25) is 0 Å². The number of ether oxygens (including phenoxy) is 1. The van der Waals surface area contributed by atoms with Crippen molar-refractivity contribution >= 4 is 22.9 Å². The van der Waals surface area contributed by atoms with Gasteiger partial charge in [0, 0.05) is 7.11 Å². The first-order valence-electron chi connectivity index (χ1n) is 7.14. The molecule has 0 saturated carbocycles. The highest BCUT2D eigenvalue weighted by Crippen LogP contribution is 2.31. The lowest BCUT2D eigenvalue weighted by Gasteiger charge is -2.25. The Hall–Kier alpha value is -2.62. The Bertz CT molecular complexity index is 803. The van der Waals surface area contributed by atoms with Crippen molar-refractivity contribution in [3.8, 4) is 0 Å². The predicted octanol–water partition coefficient (Wildman–Crippen LogP) is 1.66. The first-order valence-corrected chi connectivity index (χ1v) is 7.14. The summed E-state index contributed by atoms with van der Waals surface area (Å²) in [6, 6.07) is 5.84. The standard InChI is InChI=1S/C15H16F3N3O4/c1-14(8-25-2,13(23)24)20-11(22)7-21-10-6-4-3-5-9(10)19-12(21)15(16,17)18/h3-6H,7-8H2,1-2H3,(H,20,22)(H,23,24).